The molecule has 1 aromatic heterocycles. The van der Waals surface area contributed by atoms with E-state index in [9.17, 15) is 8.42 Å². The largest absolute Gasteiger partial charge is 0.385 e. The molecule has 1 saturated carbocycles. The summed E-state index contributed by atoms with van der Waals surface area (Å²) in [5.41, 5.74) is 0.312. The Labute approximate surface area is 202 Å². The lowest BCUT2D eigenvalue weighted by molar-refractivity contribution is 0.0732. The first-order valence-corrected chi connectivity index (χ1v) is 12.8. The first-order chi connectivity index (χ1) is 14.0. The summed E-state index contributed by atoms with van der Waals surface area (Å²) in [5.74, 6) is 0.752. The zero-order valence-corrected chi connectivity index (χ0v) is 21.9. The molecule has 2 aliphatic rings. The molecule has 0 bridgehead atoms. The summed E-state index contributed by atoms with van der Waals surface area (Å²) in [6.07, 6.45) is 7.81. The Hall–Kier alpha value is -0.430. The van der Waals surface area contributed by atoms with Crippen LogP contribution in [0.4, 0.5) is 0 Å². The number of halogens is 1. The monoisotopic (exact) mass is 570 g/mol. The third-order valence-corrected chi connectivity index (χ3v) is 9.53. The quantitative estimate of drug-likeness (QED) is 0.270. The Kier molecular flexibility index (Phi) is 10.3. The van der Waals surface area contributed by atoms with Crippen LogP contribution in [0.1, 0.15) is 49.8 Å². The summed E-state index contributed by atoms with van der Waals surface area (Å²) in [7, 11) is 0.160. The van der Waals surface area contributed by atoms with Crippen LogP contribution in [0.15, 0.2) is 21.3 Å². The van der Waals surface area contributed by atoms with Crippen molar-refractivity contribution in [2.24, 2.45) is 10.4 Å². The molecule has 2 N–H and O–H groups in total. The van der Waals surface area contributed by atoms with Crippen molar-refractivity contribution in [1.29, 1.82) is 0 Å². The van der Waals surface area contributed by atoms with Crippen LogP contribution in [0.2, 0.25) is 0 Å². The molecule has 1 saturated heterocycles. The summed E-state index contributed by atoms with van der Waals surface area (Å²) in [5, 5.41) is 6.76. The van der Waals surface area contributed by atoms with Crippen LogP contribution in [0.3, 0.4) is 0 Å². The van der Waals surface area contributed by atoms with Crippen molar-refractivity contribution in [3.05, 3.63) is 17.0 Å². The van der Waals surface area contributed by atoms with E-state index in [0.717, 1.165) is 49.7 Å². The summed E-state index contributed by atoms with van der Waals surface area (Å²) in [6, 6.07) is 3.63. The molecule has 2 heterocycles. The lowest BCUT2D eigenvalue weighted by Gasteiger charge is -2.42. The molecule has 30 heavy (non-hydrogen) atoms. The second-order valence-corrected chi connectivity index (χ2v) is 11.4. The maximum atomic E-state index is 12.8. The van der Waals surface area contributed by atoms with E-state index in [1.165, 1.54) is 30.6 Å². The lowest BCUT2D eigenvalue weighted by Crippen LogP contribution is -2.46. The number of sulfonamides is 1. The molecule has 1 aromatic rings. The van der Waals surface area contributed by atoms with E-state index in [0.29, 0.717) is 29.3 Å². The molecule has 7 nitrogen and oxygen atoms in total. The van der Waals surface area contributed by atoms with Crippen molar-refractivity contribution in [3.8, 4) is 0 Å². The molecule has 0 amide bonds. The number of guanidine groups is 1. The van der Waals surface area contributed by atoms with Gasteiger partial charge in [0.25, 0.3) is 10.0 Å². The van der Waals surface area contributed by atoms with Gasteiger partial charge in [-0.1, -0.05) is 12.8 Å². The van der Waals surface area contributed by atoms with E-state index in [1.54, 1.807) is 24.5 Å². The molecule has 1 aliphatic heterocycles. The second-order valence-electron chi connectivity index (χ2n) is 8.06. The summed E-state index contributed by atoms with van der Waals surface area (Å²) in [4.78, 5) is 5.30. The number of thiophene rings is 1. The van der Waals surface area contributed by atoms with Crippen LogP contribution in [0.5, 0.6) is 0 Å². The highest BCUT2D eigenvalue weighted by atomic mass is 127. The fraction of sp³-hybridized carbons (Fsp3) is 0.750. The fourth-order valence-corrected chi connectivity index (χ4v) is 6.96. The molecule has 3 rings (SSSR count). The van der Waals surface area contributed by atoms with Crippen molar-refractivity contribution < 1.29 is 13.2 Å². The Morgan fingerprint density at radius 3 is 2.53 bits per heavy atom. The van der Waals surface area contributed by atoms with Crippen molar-refractivity contribution in [1.82, 2.24) is 14.9 Å². The summed E-state index contributed by atoms with van der Waals surface area (Å²) < 4.78 is 32.9. The SMILES string of the molecule is CN=C(NCc1ccc(S(=O)(=O)N2CCCCC2)s1)NCC1(CCOC)CCC1.I. The van der Waals surface area contributed by atoms with Crippen molar-refractivity contribution in [2.45, 2.75) is 55.7 Å². The number of rotatable bonds is 9. The highest BCUT2D eigenvalue weighted by Crippen LogP contribution is 2.43. The van der Waals surface area contributed by atoms with Gasteiger partial charge in [0.15, 0.2) is 5.96 Å². The molecule has 2 fully saturated rings. The molecule has 0 radical (unpaired) electrons. The first-order valence-electron chi connectivity index (χ1n) is 10.5. The third kappa shape index (κ3) is 6.54. The smallest absolute Gasteiger partial charge is 0.252 e. The predicted octanol–water partition coefficient (Wildman–Crippen LogP) is 3.41. The van der Waals surface area contributed by atoms with E-state index in [4.69, 9.17) is 4.74 Å². The van der Waals surface area contributed by atoms with Crippen molar-refractivity contribution >= 4 is 51.3 Å². The van der Waals surface area contributed by atoms with E-state index >= 15 is 0 Å². The standard InChI is InChI=1S/C20H34N4O3S2.HI/c1-21-19(23-16-20(9-6-10-20)11-14-27-2)22-15-17-7-8-18(28-17)29(25,26)24-12-4-3-5-13-24;/h7-8H,3-6,9-16H2,1-2H3,(H2,21,22,23);1H. The predicted molar refractivity (Wildman–Crippen MR) is 133 cm³/mol. The second kappa shape index (κ2) is 12.0. The summed E-state index contributed by atoms with van der Waals surface area (Å²) >= 11 is 1.34. The fourth-order valence-electron chi connectivity index (χ4n) is 4.00. The van der Waals surface area contributed by atoms with Gasteiger partial charge in [-0.3, -0.25) is 4.99 Å². The minimum atomic E-state index is -3.35. The van der Waals surface area contributed by atoms with Gasteiger partial charge in [0.2, 0.25) is 0 Å². The maximum absolute atomic E-state index is 12.8. The van der Waals surface area contributed by atoms with Crippen LogP contribution in [0.25, 0.3) is 0 Å². The normalized spacial score (nSPS) is 19.6. The number of nitrogens with one attached hydrogen (secondary N) is 2. The number of hydrogen-bond donors (Lipinski definition) is 2. The van der Waals surface area contributed by atoms with Gasteiger partial charge in [0.05, 0.1) is 6.54 Å². The highest BCUT2D eigenvalue weighted by Gasteiger charge is 2.36. The van der Waals surface area contributed by atoms with Crippen LogP contribution in [-0.2, 0) is 21.3 Å². The van der Waals surface area contributed by atoms with Crippen molar-refractivity contribution in [3.63, 3.8) is 0 Å². The Morgan fingerprint density at radius 1 is 1.20 bits per heavy atom. The molecular weight excluding hydrogens is 535 g/mol. The molecule has 172 valence electrons. The lowest BCUT2D eigenvalue weighted by atomic mass is 9.67. The van der Waals surface area contributed by atoms with E-state index < -0.39 is 10.0 Å². The van der Waals surface area contributed by atoms with Gasteiger partial charge >= 0.3 is 0 Å². The molecule has 0 unspecified atom stereocenters. The minimum Gasteiger partial charge on any atom is -0.385 e. The molecule has 1 aliphatic carbocycles. The van der Waals surface area contributed by atoms with Gasteiger partial charge in [-0.2, -0.15) is 4.31 Å². The van der Waals surface area contributed by atoms with Gasteiger partial charge in [-0.25, -0.2) is 8.42 Å². The number of aliphatic imine (C=N–C) groups is 1. The Balaban J connectivity index is 0.00000320. The minimum absolute atomic E-state index is 0. The number of methoxy groups -OCH3 is 1. The van der Waals surface area contributed by atoms with Gasteiger partial charge < -0.3 is 15.4 Å². The van der Waals surface area contributed by atoms with E-state index in [-0.39, 0.29) is 24.0 Å². The van der Waals surface area contributed by atoms with Crippen LogP contribution >= 0.6 is 35.3 Å². The Morgan fingerprint density at radius 2 is 1.93 bits per heavy atom. The average Bonchev–Trinajstić information content (AvgIpc) is 3.19. The van der Waals surface area contributed by atoms with Crippen LogP contribution in [-0.4, -0.2) is 59.1 Å². The van der Waals surface area contributed by atoms with Crippen LogP contribution < -0.4 is 10.6 Å². The third-order valence-electron chi connectivity index (χ3n) is 6.08. The molecule has 10 heteroatoms. The van der Waals surface area contributed by atoms with Gasteiger partial charge in [-0.15, -0.1) is 35.3 Å². The number of nitrogens with zero attached hydrogens (tertiary/aromatic N) is 2. The highest BCUT2D eigenvalue weighted by molar-refractivity contribution is 14.0. The zero-order chi connectivity index (χ0) is 20.7. The van der Waals surface area contributed by atoms with E-state index in [2.05, 4.69) is 15.6 Å². The van der Waals surface area contributed by atoms with E-state index in [1.807, 2.05) is 6.07 Å². The molecule has 0 aromatic carbocycles. The summed E-state index contributed by atoms with van der Waals surface area (Å²) in [6.45, 7) is 3.50. The molecular formula is C20H35IN4O3S2. The van der Waals surface area contributed by atoms with Crippen molar-refractivity contribution in [2.75, 3.05) is 40.4 Å². The van der Waals surface area contributed by atoms with Gasteiger partial charge in [-0.05, 0) is 49.7 Å². The first kappa shape index (κ1) is 25.8. The number of piperidine rings is 1. The molecule has 0 atom stereocenters. The number of ether oxygens (including phenoxy) is 1. The molecule has 0 spiro atoms. The number of hydrogen-bond acceptors (Lipinski definition) is 5. The maximum Gasteiger partial charge on any atom is 0.252 e. The van der Waals surface area contributed by atoms with Gasteiger partial charge in [0, 0.05) is 45.3 Å². The average molecular weight is 571 g/mol. The zero-order valence-electron chi connectivity index (χ0n) is 18.0. The van der Waals surface area contributed by atoms with Gasteiger partial charge in [0.1, 0.15) is 4.21 Å². The topological polar surface area (TPSA) is 83.0 Å². The Bertz CT molecular complexity index is 788. The van der Waals surface area contributed by atoms with Crippen LogP contribution in [0, 0.1) is 5.41 Å².